The number of thioether (sulfide) groups is 1. The Morgan fingerprint density at radius 2 is 2.03 bits per heavy atom. The van der Waals surface area contributed by atoms with Gasteiger partial charge in [0, 0.05) is 18.1 Å². The van der Waals surface area contributed by atoms with Crippen molar-refractivity contribution in [1.82, 2.24) is 18.9 Å². The molecule has 0 amide bonds. The number of carbonyl (C=O) groups excluding carboxylic acids is 1. The summed E-state index contributed by atoms with van der Waals surface area (Å²) in [4.78, 5) is 34.7. The van der Waals surface area contributed by atoms with E-state index in [0.29, 0.717) is 33.1 Å². The summed E-state index contributed by atoms with van der Waals surface area (Å²) in [6.45, 7) is 2.28. The van der Waals surface area contributed by atoms with Gasteiger partial charge < -0.3 is 13.6 Å². The van der Waals surface area contributed by atoms with Crippen LogP contribution in [0, 0.1) is 6.92 Å². The van der Waals surface area contributed by atoms with Gasteiger partial charge in [-0.05, 0) is 48.9 Å². The van der Waals surface area contributed by atoms with Gasteiger partial charge in [0.15, 0.2) is 5.16 Å². The Hall–Kier alpha value is -3.85. The van der Waals surface area contributed by atoms with Crippen LogP contribution in [0.5, 0.6) is 0 Å². The van der Waals surface area contributed by atoms with Crippen LogP contribution in [-0.2, 0) is 17.0 Å². The Balaban J connectivity index is 1.55. The SMILES string of the molecule is COC(=O)c1ccc2c(=O)n(Cc3ccco3)c(SCc3cn4cc(C)ccc4n3)nc2c1. The van der Waals surface area contributed by atoms with E-state index >= 15 is 0 Å². The number of carbonyl (C=O) groups is 1. The maximum atomic E-state index is 13.3. The second-order valence-electron chi connectivity index (χ2n) is 7.58. The minimum atomic E-state index is -0.479. The Labute approximate surface area is 192 Å². The number of aromatic nitrogens is 4. The smallest absolute Gasteiger partial charge is 0.337 e. The monoisotopic (exact) mass is 460 g/mol. The van der Waals surface area contributed by atoms with Crippen molar-refractivity contribution in [1.29, 1.82) is 0 Å². The van der Waals surface area contributed by atoms with Crippen molar-refractivity contribution >= 4 is 34.3 Å². The first kappa shape index (κ1) is 21.0. The number of rotatable bonds is 6. The number of imidazole rings is 1. The summed E-state index contributed by atoms with van der Waals surface area (Å²) in [6, 6.07) is 12.3. The first-order valence-corrected chi connectivity index (χ1v) is 11.2. The third kappa shape index (κ3) is 4.14. The predicted octanol–water partition coefficient (Wildman–Crippen LogP) is 4.07. The summed E-state index contributed by atoms with van der Waals surface area (Å²) in [6.07, 6.45) is 5.57. The lowest BCUT2D eigenvalue weighted by molar-refractivity contribution is 0.0601. The van der Waals surface area contributed by atoms with Crippen LogP contribution in [0.15, 0.2) is 75.5 Å². The van der Waals surface area contributed by atoms with E-state index in [0.717, 1.165) is 16.9 Å². The van der Waals surface area contributed by atoms with E-state index in [-0.39, 0.29) is 12.1 Å². The molecule has 0 aliphatic carbocycles. The van der Waals surface area contributed by atoms with E-state index in [1.165, 1.54) is 18.9 Å². The molecule has 0 unspecified atom stereocenters. The zero-order valence-electron chi connectivity index (χ0n) is 18.0. The molecule has 9 heteroatoms. The number of ether oxygens (including phenoxy) is 1. The minimum Gasteiger partial charge on any atom is -0.467 e. The molecule has 5 rings (SSSR count). The fourth-order valence-electron chi connectivity index (χ4n) is 3.62. The lowest BCUT2D eigenvalue weighted by atomic mass is 10.1. The van der Waals surface area contributed by atoms with Crippen molar-refractivity contribution in [2.75, 3.05) is 7.11 Å². The number of hydrogen-bond acceptors (Lipinski definition) is 7. The Bertz CT molecular complexity index is 1540. The lowest BCUT2D eigenvalue weighted by Gasteiger charge is -2.12. The molecular formula is C24H20N4O4S. The molecule has 0 saturated heterocycles. The Morgan fingerprint density at radius 3 is 2.82 bits per heavy atom. The van der Waals surface area contributed by atoms with Gasteiger partial charge in [-0.3, -0.25) is 9.36 Å². The zero-order chi connectivity index (χ0) is 22.9. The molecule has 4 heterocycles. The van der Waals surface area contributed by atoms with Crippen molar-refractivity contribution in [2.45, 2.75) is 24.4 Å². The van der Waals surface area contributed by atoms with Gasteiger partial charge in [0.05, 0.1) is 42.1 Å². The standard InChI is InChI=1S/C24H20N4O4S/c1-15-5-8-21-25-17(12-27(21)11-15)14-33-24-26-20-10-16(23(30)31-2)6-7-19(20)22(29)28(24)13-18-4-3-9-32-18/h3-12H,13-14H2,1-2H3. The molecule has 33 heavy (non-hydrogen) atoms. The summed E-state index contributed by atoms with van der Waals surface area (Å²) >= 11 is 1.41. The van der Waals surface area contributed by atoms with Crippen LogP contribution >= 0.6 is 11.8 Å². The highest BCUT2D eigenvalue weighted by atomic mass is 32.2. The predicted molar refractivity (Wildman–Crippen MR) is 125 cm³/mol. The first-order valence-electron chi connectivity index (χ1n) is 10.2. The number of furan rings is 1. The van der Waals surface area contributed by atoms with Crippen molar-refractivity contribution in [3.05, 3.63) is 94.1 Å². The maximum Gasteiger partial charge on any atom is 0.337 e. The number of nitrogens with zero attached hydrogens (tertiary/aromatic N) is 4. The molecule has 1 aromatic carbocycles. The summed E-state index contributed by atoms with van der Waals surface area (Å²) in [7, 11) is 1.32. The van der Waals surface area contributed by atoms with Crippen LogP contribution < -0.4 is 5.56 Å². The molecule has 0 radical (unpaired) electrons. The Morgan fingerprint density at radius 1 is 1.15 bits per heavy atom. The average Bonchev–Trinajstić information content (AvgIpc) is 3.48. The second kappa shape index (κ2) is 8.59. The molecule has 0 atom stereocenters. The first-order chi connectivity index (χ1) is 16.0. The summed E-state index contributed by atoms with van der Waals surface area (Å²) in [5, 5.41) is 0.931. The molecule has 0 N–H and O–H groups in total. The molecule has 0 saturated carbocycles. The van der Waals surface area contributed by atoms with E-state index in [9.17, 15) is 9.59 Å². The second-order valence-corrected chi connectivity index (χ2v) is 8.52. The molecule has 0 aliphatic rings. The normalized spacial score (nSPS) is 11.3. The number of hydrogen-bond donors (Lipinski definition) is 0. The highest BCUT2D eigenvalue weighted by molar-refractivity contribution is 7.98. The van der Waals surface area contributed by atoms with Crippen LogP contribution in [0.1, 0.15) is 27.4 Å². The van der Waals surface area contributed by atoms with E-state index in [1.807, 2.05) is 41.9 Å². The largest absolute Gasteiger partial charge is 0.467 e. The third-order valence-corrected chi connectivity index (χ3v) is 6.24. The van der Waals surface area contributed by atoms with E-state index in [2.05, 4.69) is 4.98 Å². The quantitative estimate of drug-likeness (QED) is 0.214. The van der Waals surface area contributed by atoms with Crippen molar-refractivity contribution in [2.24, 2.45) is 0 Å². The van der Waals surface area contributed by atoms with Gasteiger partial charge in [0.1, 0.15) is 11.4 Å². The minimum absolute atomic E-state index is 0.207. The Kier molecular flexibility index (Phi) is 5.47. The molecule has 0 fully saturated rings. The molecule has 4 aromatic heterocycles. The third-order valence-electron chi connectivity index (χ3n) is 5.23. The number of benzene rings is 1. The van der Waals surface area contributed by atoms with Crippen molar-refractivity contribution < 1.29 is 13.9 Å². The van der Waals surface area contributed by atoms with E-state index in [1.54, 1.807) is 35.1 Å². The van der Waals surface area contributed by atoms with E-state index < -0.39 is 5.97 Å². The number of methoxy groups -OCH3 is 1. The van der Waals surface area contributed by atoms with Crippen LogP contribution in [0.4, 0.5) is 0 Å². The van der Waals surface area contributed by atoms with Crippen LogP contribution in [0.25, 0.3) is 16.6 Å². The molecular weight excluding hydrogens is 440 g/mol. The molecule has 0 spiro atoms. The fraction of sp³-hybridized carbons (Fsp3) is 0.167. The number of pyridine rings is 1. The van der Waals surface area contributed by atoms with Gasteiger partial charge in [-0.2, -0.15) is 0 Å². The summed E-state index contributed by atoms with van der Waals surface area (Å²) in [5.41, 5.74) is 3.44. The van der Waals surface area contributed by atoms with Crippen LogP contribution in [0.2, 0.25) is 0 Å². The molecule has 5 aromatic rings. The van der Waals surface area contributed by atoms with Gasteiger partial charge in [0.2, 0.25) is 0 Å². The van der Waals surface area contributed by atoms with Gasteiger partial charge >= 0.3 is 5.97 Å². The topological polar surface area (TPSA) is 91.6 Å². The summed E-state index contributed by atoms with van der Waals surface area (Å²) in [5.74, 6) is 0.690. The van der Waals surface area contributed by atoms with Crippen LogP contribution in [-0.4, -0.2) is 32.0 Å². The van der Waals surface area contributed by atoms with Gasteiger partial charge in [-0.1, -0.05) is 17.8 Å². The number of fused-ring (bicyclic) bond motifs is 2. The molecule has 0 bridgehead atoms. The van der Waals surface area contributed by atoms with Crippen LogP contribution in [0.3, 0.4) is 0 Å². The average molecular weight is 461 g/mol. The van der Waals surface area contributed by atoms with Gasteiger partial charge in [-0.25, -0.2) is 14.8 Å². The highest BCUT2D eigenvalue weighted by Crippen LogP contribution is 2.24. The van der Waals surface area contributed by atoms with Gasteiger partial charge in [0.25, 0.3) is 5.56 Å². The van der Waals surface area contributed by atoms with Crippen molar-refractivity contribution in [3.63, 3.8) is 0 Å². The molecule has 0 aliphatic heterocycles. The zero-order valence-corrected chi connectivity index (χ0v) is 18.8. The van der Waals surface area contributed by atoms with E-state index in [4.69, 9.17) is 14.1 Å². The fourth-order valence-corrected chi connectivity index (χ4v) is 4.50. The highest BCUT2D eigenvalue weighted by Gasteiger charge is 2.16. The maximum absolute atomic E-state index is 13.3. The molecule has 166 valence electrons. The lowest BCUT2D eigenvalue weighted by Crippen LogP contribution is -2.24. The summed E-state index contributed by atoms with van der Waals surface area (Å²) < 4.78 is 13.8. The number of esters is 1. The number of aryl methyl sites for hydroxylation is 1. The van der Waals surface area contributed by atoms with Gasteiger partial charge in [-0.15, -0.1) is 0 Å². The van der Waals surface area contributed by atoms with Crippen molar-refractivity contribution in [3.8, 4) is 0 Å². The molecule has 8 nitrogen and oxygen atoms in total.